The molecular weight excluding hydrogens is 468 g/mol. The van der Waals surface area contributed by atoms with Crippen molar-refractivity contribution in [3.63, 3.8) is 0 Å². The Kier molecular flexibility index (Phi) is 5.53. The SMILES string of the molecule is Cn1cncc1CC1(Cc2cncn2C)N=C(CC(=O)c2ccc(C#N)cc2)N(C2[C@H]3CNC[C@H]23)C1=O. The number of nitriles is 1. The monoisotopic (exact) mass is 496 g/mol. The molecule has 0 spiro atoms. The number of hydrogen-bond donors (Lipinski definition) is 1. The summed E-state index contributed by atoms with van der Waals surface area (Å²) in [5.74, 6) is 1.11. The number of Topliss-reactive ketones (excluding diaryl/α,β-unsaturated/α-hetero) is 1. The van der Waals surface area contributed by atoms with Crippen LogP contribution in [-0.2, 0) is 31.7 Å². The highest BCUT2D eigenvalue weighted by molar-refractivity contribution is 6.17. The standard InChI is InChI=1S/C27H28N8O2/c1-33-15-30-11-19(33)8-27(9-20-12-31-16-34(20)2)26(37)35(25-21-13-29-14-22(21)25)24(32-27)7-23(36)18-5-3-17(10-28)4-6-18/h3-6,11-12,15-16,21-22,25,29H,7-9,13-14H2,1-2H3/t21-,22-/m0/s1. The first-order chi connectivity index (χ1) is 17.9. The normalized spacial score (nSPS) is 23.6. The molecule has 2 aromatic heterocycles. The van der Waals surface area contributed by atoms with Crippen molar-refractivity contribution in [1.29, 1.82) is 5.26 Å². The number of amides is 1. The van der Waals surface area contributed by atoms with Crippen LogP contribution < -0.4 is 5.32 Å². The van der Waals surface area contributed by atoms with E-state index in [9.17, 15) is 9.59 Å². The Morgan fingerprint density at radius 1 is 1.05 bits per heavy atom. The molecule has 0 radical (unpaired) electrons. The summed E-state index contributed by atoms with van der Waals surface area (Å²) in [5.41, 5.74) is 1.71. The molecule has 37 heavy (non-hydrogen) atoms. The molecular formula is C27H28N8O2. The predicted octanol–water partition coefficient (Wildman–Crippen LogP) is 1.28. The van der Waals surface area contributed by atoms with Crippen molar-refractivity contribution in [3.8, 4) is 6.07 Å². The zero-order valence-corrected chi connectivity index (χ0v) is 20.8. The highest BCUT2D eigenvalue weighted by Crippen LogP contribution is 2.49. The summed E-state index contributed by atoms with van der Waals surface area (Å²) in [6, 6.07) is 8.74. The quantitative estimate of drug-likeness (QED) is 0.469. The van der Waals surface area contributed by atoms with Crippen LogP contribution in [0, 0.1) is 23.2 Å². The number of fused-ring (bicyclic) bond motifs is 1. The molecule has 2 fully saturated rings. The summed E-state index contributed by atoms with van der Waals surface area (Å²) < 4.78 is 3.82. The number of ketones is 1. The lowest BCUT2D eigenvalue weighted by atomic mass is 9.88. The Morgan fingerprint density at radius 3 is 2.16 bits per heavy atom. The molecule has 1 amide bonds. The van der Waals surface area contributed by atoms with E-state index < -0.39 is 5.54 Å². The zero-order chi connectivity index (χ0) is 25.7. The molecule has 1 N–H and O–H groups in total. The van der Waals surface area contributed by atoms with Crippen LogP contribution in [0.4, 0.5) is 0 Å². The van der Waals surface area contributed by atoms with Crippen molar-refractivity contribution in [2.75, 3.05) is 13.1 Å². The smallest absolute Gasteiger partial charge is 0.256 e. The van der Waals surface area contributed by atoms with Crippen LogP contribution in [0.15, 0.2) is 54.3 Å². The van der Waals surface area contributed by atoms with Gasteiger partial charge in [-0.1, -0.05) is 12.1 Å². The summed E-state index contributed by atoms with van der Waals surface area (Å²) in [4.78, 5) is 43.2. The van der Waals surface area contributed by atoms with Crippen LogP contribution >= 0.6 is 0 Å². The maximum absolute atomic E-state index is 14.4. The predicted molar refractivity (Wildman–Crippen MR) is 135 cm³/mol. The molecule has 0 bridgehead atoms. The molecule has 3 aliphatic rings. The number of nitrogens with one attached hydrogen (secondary N) is 1. The summed E-state index contributed by atoms with van der Waals surface area (Å²) in [5, 5.41) is 12.5. The van der Waals surface area contributed by atoms with Gasteiger partial charge in [-0.05, 0) is 24.0 Å². The maximum Gasteiger partial charge on any atom is 0.256 e. The van der Waals surface area contributed by atoms with Gasteiger partial charge in [-0.15, -0.1) is 0 Å². The van der Waals surface area contributed by atoms with Crippen LogP contribution in [0.1, 0.15) is 33.7 Å². The number of carbonyl (C=O) groups is 2. The lowest BCUT2D eigenvalue weighted by Crippen LogP contribution is -2.48. The number of amidine groups is 1. The molecule has 188 valence electrons. The fraction of sp³-hybridized carbons (Fsp3) is 0.407. The van der Waals surface area contributed by atoms with Crippen molar-refractivity contribution >= 4 is 17.5 Å². The number of aromatic nitrogens is 4. The number of aryl methyl sites for hydroxylation is 2. The molecule has 6 rings (SSSR count). The van der Waals surface area contributed by atoms with Crippen LogP contribution in [0.2, 0.25) is 0 Å². The second-order valence-electron chi connectivity index (χ2n) is 10.3. The highest BCUT2D eigenvalue weighted by Gasteiger charge is 2.62. The molecule has 2 atom stereocenters. The van der Waals surface area contributed by atoms with Crippen LogP contribution in [0.5, 0.6) is 0 Å². The first kappa shape index (κ1) is 23.3. The summed E-state index contributed by atoms with van der Waals surface area (Å²) in [7, 11) is 3.82. The fourth-order valence-corrected chi connectivity index (χ4v) is 5.87. The molecule has 10 nitrogen and oxygen atoms in total. The van der Waals surface area contributed by atoms with Gasteiger partial charge in [0.1, 0.15) is 5.84 Å². The Bertz CT molecular complexity index is 1390. The lowest BCUT2D eigenvalue weighted by Gasteiger charge is -2.28. The van der Waals surface area contributed by atoms with Gasteiger partial charge in [-0.25, -0.2) is 9.97 Å². The van der Waals surface area contributed by atoms with Gasteiger partial charge in [0.2, 0.25) is 0 Å². The van der Waals surface area contributed by atoms with Gasteiger partial charge in [-0.3, -0.25) is 19.5 Å². The van der Waals surface area contributed by atoms with E-state index in [2.05, 4.69) is 21.4 Å². The molecule has 1 saturated heterocycles. The summed E-state index contributed by atoms with van der Waals surface area (Å²) in [6.07, 6.45) is 7.76. The topological polar surface area (TPSA) is 121 Å². The van der Waals surface area contributed by atoms with Gasteiger partial charge in [-0.2, -0.15) is 5.26 Å². The minimum atomic E-state index is -1.09. The molecule has 3 aromatic rings. The van der Waals surface area contributed by atoms with E-state index >= 15 is 0 Å². The van der Waals surface area contributed by atoms with Crippen LogP contribution in [-0.4, -0.2) is 66.2 Å². The number of carbonyl (C=O) groups excluding carboxylic acids is 2. The van der Waals surface area contributed by atoms with Gasteiger partial charge in [0.15, 0.2) is 11.3 Å². The molecule has 1 aromatic carbocycles. The zero-order valence-electron chi connectivity index (χ0n) is 20.8. The third-order valence-corrected chi connectivity index (χ3v) is 8.02. The van der Waals surface area contributed by atoms with E-state index in [1.165, 1.54) is 0 Å². The number of imidazole rings is 2. The van der Waals surface area contributed by atoms with E-state index in [1.807, 2.05) is 28.1 Å². The second kappa shape index (κ2) is 8.78. The van der Waals surface area contributed by atoms with E-state index in [4.69, 9.17) is 10.3 Å². The van der Waals surface area contributed by atoms with E-state index in [-0.39, 0.29) is 24.2 Å². The molecule has 0 unspecified atom stereocenters. The van der Waals surface area contributed by atoms with Gasteiger partial charge >= 0.3 is 0 Å². The van der Waals surface area contributed by atoms with E-state index in [0.717, 1.165) is 24.5 Å². The minimum Gasteiger partial charge on any atom is -0.338 e. The summed E-state index contributed by atoms with van der Waals surface area (Å²) in [6.45, 7) is 1.73. The van der Waals surface area contributed by atoms with Crippen LogP contribution in [0.25, 0.3) is 0 Å². The number of aliphatic imine (C=N–C) groups is 1. The van der Waals surface area contributed by atoms with E-state index in [0.29, 0.717) is 41.6 Å². The number of nitrogens with zero attached hydrogens (tertiary/aromatic N) is 7. The number of hydrogen-bond acceptors (Lipinski definition) is 7. The number of benzene rings is 1. The molecule has 1 saturated carbocycles. The molecule has 4 heterocycles. The second-order valence-corrected chi connectivity index (χ2v) is 10.3. The fourth-order valence-electron chi connectivity index (χ4n) is 5.87. The first-order valence-corrected chi connectivity index (χ1v) is 12.5. The van der Waals surface area contributed by atoms with Crippen LogP contribution in [0.3, 0.4) is 0 Å². The van der Waals surface area contributed by atoms with Crippen molar-refractivity contribution < 1.29 is 9.59 Å². The summed E-state index contributed by atoms with van der Waals surface area (Å²) >= 11 is 0. The third-order valence-electron chi connectivity index (χ3n) is 8.02. The first-order valence-electron chi connectivity index (χ1n) is 12.5. The largest absolute Gasteiger partial charge is 0.338 e. The van der Waals surface area contributed by atoms with Crippen molar-refractivity contribution in [2.24, 2.45) is 30.9 Å². The van der Waals surface area contributed by atoms with Crippen molar-refractivity contribution in [3.05, 3.63) is 71.8 Å². The highest BCUT2D eigenvalue weighted by atomic mass is 16.2. The number of piperidine rings is 1. The van der Waals surface area contributed by atoms with Crippen molar-refractivity contribution in [2.45, 2.75) is 30.8 Å². The van der Waals surface area contributed by atoms with Crippen molar-refractivity contribution in [1.82, 2.24) is 29.3 Å². The van der Waals surface area contributed by atoms with E-state index in [1.54, 1.807) is 49.3 Å². The van der Waals surface area contributed by atoms with Gasteiger partial charge < -0.3 is 14.5 Å². The average Bonchev–Trinajstić information content (AvgIpc) is 3.38. The maximum atomic E-state index is 14.4. The Morgan fingerprint density at radius 2 is 1.65 bits per heavy atom. The number of rotatable bonds is 8. The average molecular weight is 497 g/mol. The van der Waals surface area contributed by atoms with Gasteiger partial charge in [0, 0.05) is 75.4 Å². The molecule has 10 heteroatoms. The molecule has 1 aliphatic carbocycles. The Hall–Kier alpha value is -4.10. The Balaban J connectivity index is 1.39. The third kappa shape index (κ3) is 3.96. The van der Waals surface area contributed by atoms with Gasteiger partial charge in [0.05, 0.1) is 30.7 Å². The minimum absolute atomic E-state index is 0.0273. The Labute approximate surface area is 214 Å². The molecule has 2 aliphatic heterocycles. The lowest BCUT2D eigenvalue weighted by molar-refractivity contribution is -0.132. The van der Waals surface area contributed by atoms with Gasteiger partial charge in [0.25, 0.3) is 5.91 Å².